The molecule has 1 N–H and O–H groups in total. The van der Waals surface area contributed by atoms with Crippen LogP contribution in [0.1, 0.15) is 12.8 Å². The average molecular weight is 442 g/mol. The normalized spacial score (nSPS) is 15.1. The van der Waals surface area contributed by atoms with Crippen LogP contribution in [0.25, 0.3) is 10.9 Å². The molecular formula is C24H28ClN3O3. The molecule has 0 bridgehead atoms. The number of nitrogens with one attached hydrogen (secondary N) is 1. The molecule has 1 fully saturated rings. The summed E-state index contributed by atoms with van der Waals surface area (Å²) in [6.45, 7) is 2.92. The molecule has 1 aromatic heterocycles. The summed E-state index contributed by atoms with van der Waals surface area (Å²) in [5.74, 6) is 2.70. The third-order valence-electron chi connectivity index (χ3n) is 5.78. The first kappa shape index (κ1) is 21.5. The SMILES string of the molecule is COc1ccc(Cl)c(Nc2ccnc3cc(OCC4CCN(C)CC4)c(OC)cc23)c1. The van der Waals surface area contributed by atoms with Gasteiger partial charge < -0.3 is 24.4 Å². The van der Waals surface area contributed by atoms with Gasteiger partial charge >= 0.3 is 0 Å². The third kappa shape index (κ3) is 4.97. The van der Waals surface area contributed by atoms with E-state index in [4.69, 9.17) is 25.8 Å². The molecule has 2 heterocycles. The molecule has 2 aromatic carbocycles. The number of piperidine rings is 1. The van der Waals surface area contributed by atoms with Crippen molar-refractivity contribution in [2.75, 3.05) is 46.3 Å². The number of pyridine rings is 1. The van der Waals surface area contributed by atoms with Crippen molar-refractivity contribution in [1.82, 2.24) is 9.88 Å². The summed E-state index contributed by atoms with van der Waals surface area (Å²) in [4.78, 5) is 6.90. The van der Waals surface area contributed by atoms with Crippen LogP contribution >= 0.6 is 11.6 Å². The van der Waals surface area contributed by atoms with E-state index in [1.54, 1.807) is 20.4 Å². The minimum Gasteiger partial charge on any atom is -0.497 e. The van der Waals surface area contributed by atoms with Gasteiger partial charge in [-0.3, -0.25) is 4.98 Å². The Morgan fingerprint density at radius 1 is 1.03 bits per heavy atom. The van der Waals surface area contributed by atoms with Crippen LogP contribution in [0.2, 0.25) is 5.02 Å². The Kier molecular flexibility index (Phi) is 6.68. The maximum Gasteiger partial charge on any atom is 0.163 e. The lowest BCUT2D eigenvalue weighted by Crippen LogP contribution is -2.32. The molecule has 4 rings (SSSR count). The number of halogens is 1. The van der Waals surface area contributed by atoms with E-state index >= 15 is 0 Å². The molecule has 0 amide bonds. The minimum absolute atomic E-state index is 0.563. The Morgan fingerprint density at radius 2 is 1.84 bits per heavy atom. The van der Waals surface area contributed by atoms with Crippen LogP contribution in [0.4, 0.5) is 11.4 Å². The maximum absolute atomic E-state index is 6.38. The maximum atomic E-state index is 6.38. The van der Waals surface area contributed by atoms with Gasteiger partial charge in [-0.05, 0) is 63.2 Å². The van der Waals surface area contributed by atoms with Gasteiger partial charge in [-0.15, -0.1) is 0 Å². The molecule has 7 heteroatoms. The van der Waals surface area contributed by atoms with Crippen LogP contribution in [0.5, 0.6) is 17.2 Å². The lowest BCUT2D eigenvalue weighted by atomic mass is 9.98. The van der Waals surface area contributed by atoms with E-state index in [2.05, 4.69) is 22.2 Å². The number of hydrogen-bond acceptors (Lipinski definition) is 6. The van der Waals surface area contributed by atoms with Crippen molar-refractivity contribution < 1.29 is 14.2 Å². The third-order valence-corrected chi connectivity index (χ3v) is 6.11. The van der Waals surface area contributed by atoms with Crippen LogP contribution < -0.4 is 19.5 Å². The van der Waals surface area contributed by atoms with E-state index in [-0.39, 0.29) is 0 Å². The second kappa shape index (κ2) is 9.62. The zero-order valence-corrected chi connectivity index (χ0v) is 18.9. The number of likely N-dealkylation sites (tertiary alicyclic amines) is 1. The Bertz CT molecular complexity index is 1050. The van der Waals surface area contributed by atoms with E-state index in [0.29, 0.717) is 23.3 Å². The molecule has 1 aliphatic rings. The molecule has 0 saturated carbocycles. The fraction of sp³-hybridized carbons (Fsp3) is 0.375. The molecule has 0 unspecified atom stereocenters. The van der Waals surface area contributed by atoms with Crippen LogP contribution in [0, 0.1) is 5.92 Å². The van der Waals surface area contributed by atoms with E-state index in [9.17, 15) is 0 Å². The number of hydrogen-bond donors (Lipinski definition) is 1. The molecule has 1 aliphatic heterocycles. The first-order chi connectivity index (χ1) is 15.1. The number of methoxy groups -OCH3 is 2. The van der Waals surface area contributed by atoms with Gasteiger partial charge in [0.2, 0.25) is 0 Å². The fourth-order valence-corrected chi connectivity index (χ4v) is 4.01. The summed E-state index contributed by atoms with van der Waals surface area (Å²) in [5, 5.41) is 4.92. The summed E-state index contributed by atoms with van der Waals surface area (Å²) < 4.78 is 17.1. The van der Waals surface area contributed by atoms with Crippen LogP contribution in [-0.2, 0) is 0 Å². The first-order valence-corrected chi connectivity index (χ1v) is 10.8. The van der Waals surface area contributed by atoms with Crippen molar-refractivity contribution >= 4 is 33.9 Å². The van der Waals surface area contributed by atoms with E-state index in [1.165, 1.54) is 0 Å². The molecule has 164 valence electrons. The Balaban J connectivity index is 1.59. The van der Waals surface area contributed by atoms with Crippen molar-refractivity contribution in [3.05, 3.63) is 47.6 Å². The fourth-order valence-electron chi connectivity index (χ4n) is 3.84. The highest BCUT2D eigenvalue weighted by Gasteiger charge is 2.19. The van der Waals surface area contributed by atoms with Gasteiger partial charge in [0.15, 0.2) is 11.5 Å². The predicted molar refractivity (Wildman–Crippen MR) is 125 cm³/mol. The summed E-state index contributed by atoms with van der Waals surface area (Å²) in [6.07, 6.45) is 4.08. The number of rotatable bonds is 7. The van der Waals surface area contributed by atoms with Crippen molar-refractivity contribution in [1.29, 1.82) is 0 Å². The summed E-state index contributed by atoms with van der Waals surface area (Å²) in [7, 11) is 5.46. The lowest BCUT2D eigenvalue weighted by molar-refractivity contribution is 0.157. The molecule has 0 spiro atoms. The van der Waals surface area contributed by atoms with Gasteiger partial charge in [0, 0.05) is 29.4 Å². The zero-order chi connectivity index (χ0) is 21.8. The highest BCUT2D eigenvalue weighted by Crippen LogP contribution is 2.37. The number of benzene rings is 2. The van der Waals surface area contributed by atoms with Crippen molar-refractivity contribution in [2.45, 2.75) is 12.8 Å². The topological polar surface area (TPSA) is 55.8 Å². The first-order valence-electron chi connectivity index (χ1n) is 10.5. The zero-order valence-electron chi connectivity index (χ0n) is 18.2. The molecule has 0 radical (unpaired) electrons. The standard InChI is InChI=1S/C24H28ClN3O3/c1-28-10-7-16(8-11-28)15-31-24-14-21-18(13-23(24)30-3)20(6-9-26-21)27-22-12-17(29-2)4-5-19(22)25/h4-6,9,12-14,16H,7-8,10-11,15H2,1-3H3,(H,26,27). The highest BCUT2D eigenvalue weighted by molar-refractivity contribution is 6.33. The van der Waals surface area contributed by atoms with Gasteiger partial charge in [-0.25, -0.2) is 0 Å². The van der Waals surface area contributed by atoms with Crippen LogP contribution in [-0.4, -0.2) is 50.8 Å². The lowest BCUT2D eigenvalue weighted by Gasteiger charge is -2.28. The summed E-state index contributed by atoms with van der Waals surface area (Å²) >= 11 is 6.38. The number of fused-ring (bicyclic) bond motifs is 1. The minimum atomic E-state index is 0.563. The molecule has 0 aliphatic carbocycles. The quantitative estimate of drug-likeness (QED) is 0.532. The summed E-state index contributed by atoms with van der Waals surface area (Å²) in [6, 6.07) is 11.3. The number of nitrogens with zero attached hydrogens (tertiary/aromatic N) is 2. The molecule has 31 heavy (non-hydrogen) atoms. The van der Waals surface area contributed by atoms with Gasteiger partial charge in [0.25, 0.3) is 0 Å². The predicted octanol–water partition coefficient (Wildman–Crippen LogP) is 5.37. The largest absolute Gasteiger partial charge is 0.497 e. The second-order valence-electron chi connectivity index (χ2n) is 7.91. The molecule has 0 atom stereocenters. The van der Waals surface area contributed by atoms with Crippen molar-refractivity contribution in [2.24, 2.45) is 5.92 Å². The number of ether oxygens (including phenoxy) is 3. The van der Waals surface area contributed by atoms with E-state index < -0.39 is 0 Å². The molecule has 1 saturated heterocycles. The van der Waals surface area contributed by atoms with Gasteiger partial charge in [-0.2, -0.15) is 0 Å². The molecular weight excluding hydrogens is 414 g/mol. The van der Waals surface area contributed by atoms with Gasteiger partial charge in [-0.1, -0.05) is 11.6 Å². The van der Waals surface area contributed by atoms with Crippen molar-refractivity contribution in [3.63, 3.8) is 0 Å². The van der Waals surface area contributed by atoms with Crippen molar-refractivity contribution in [3.8, 4) is 17.2 Å². The van der Waals surface area contributed by atoms with Gasteiger partial charge in [0.1, 0.15) is 5.75 Å². The van der Waals surface area contributed by atoms with Crippen LogP contribution in [0.3, 0.4) is 0 Å². The Hall–Kier alpha value is -2.70. The monoisotopic (exact) mass is 441 g/mol. The number of anilines is 2. The van der Waals surface area contributed by atoms with Crippen LogP contribution in [0.15, 0.2) is 42.6 Å². The Morgan fingerprint density at radius 3 is 2.58 bits per heavy atom. The molecule has 3 aromatic rings. The average Bonchev–Trinajstić information content (AvgIpc) is 2.79. The molecule has 6 nitrogen and oxygen atoms in total. The smallest absolute Gasteiger partial charge is 0.163 e. The highest BCUT2D eigenvalue weighted by atomic mass is 35.5. The number of aromatic nitrogens is 1. The second-order valence-corrected chi connectivity index (χ2v) is 8.31. The van der Waals surface area contributed by atoms with Gasteiger partial charge in [0.05, 0.1) is 37.1 Å². The van der Waals surface area contributed by atoms with E-state index in [0.717, 1.165) is 59.7 Å². The summed E-state index contributed by atoms with van der Waals surface area (Å²) in [5.41, 5.74) is 2.46. The Labute approximate surface area is 188 Å². The van der Waals surface area contributed by atoms with E-state index in [1.807, 2.05) is 36.4 Å².